The molecule has 0 aromatic carbocycles. The first-order valence-electron chi connectivity index (χ1n) is 7.32. The maximum absolute atomic E-state index is 12.2. The van der Waals surface area contributed by atoms with Crippen molar-refractivity contribution >= 4 is 23.2 Å². The highest BCUT2D eigenvalue weighted by atomic mass is 32.1. The van der Waals surface area contributed by atoms with Crippen LogP contribution in [0.3, 0.4) is 0 Å². The minimum Gasteiger partial charge on any atom is -0.393 e. The lowest BCUT2D eigenvalue weighted by molar-refractivity contribution is -0.123. The summed E-state index contributed by atoms with van der Waals surface area (Å²) in [6, 6.07) is 3.71. The minimum absolute atomic E-state index is 0.0523. The van der Waals surface area contributed by atoms with E-state index < -0.39 is 0 Å². The zero-order valence-corrected chi connectivity index (χ0v) is 13.0. The Hall–Kier alpha value is -1.40. The number of hydrogen-bond donors (Lipinski definition) is 3. The van der Waals surface area contributed by atoms with E-state index in [1.807, 2.05) is 17.5 Å². The molecule has 2 amide bonds. The van der Waals surface area contributed by atoms with E-state index in [4.69, 9.17) is 0 Å². The van der Waals surface area contributed by atoms with Gasteiger partial charge in [0.1, 0.15) is 0 Å². The van der Waals surface area contributed by atoms with Crippen LogP contribution in [0.1, 0.15) is 49.9 Å². The highest BCUT2D eigenvalue weighted by Crippen LogP contribution is 2.23. The molecule has 1 aromatic heterocycles. The molecule has 1 saturated carbocycles. The maximum Gasteiger partial charge on any atom is 0.222 e. The van der Waals surface area contributed by atoms with Gasteiger partial charge in [-0.2, -0.15) is 0 Å². The van der Waals surface area contributed by atoms with Crippen LogP contribution >= 0.6 is 11.3 Å². The van der Waals surface area contributed by atoms with E-state index in [-0.39, 0.29) is 36.4 Å². The van der Waals surface area contributed by atoms with Gasteiger partial charge in [0.15, 0.2) is 0 Å². The zero-order valence-electron chi connectivity index (χ0n) is 12.2. The van der Waals surface area contributed by atoms with Crippen molar-refractivity contribution in [1.82, 2.24) is 10.6 Å². The Bertz CT molecular complexity index is 467. The maximum atomic E-state index is 12.2. The van der Waals surface area contributed by atoms with Crippen LogP contribution in [-0.2, 0) is 9.59 Å². The smallest absolute Gasteiger partial charge is 0.222 e. The number of nitrogens with one attached hydrogen (secondary N) is 2. The number of carbonyl (C=O) groups is 2. The van der Waals surface area contributed by atoms with Gasteiger partial charge in [-0.3, -0.25) is 9.59 Å². The summed E-state index contributed by atoms with van der Waals surface area (Å²) in [6.45, 7) is 1.46. The molecular formula is C15H22N2O3S. The number of aliphatic hydroxyl groups is 1. The van der Waals surface area contributed by atoms with E-state index in [2.05, 4.69) is 10.6 Å². The molecule has 0 aliphatic heterocycles. The summed E-state index contributed by atoms with van der Waals surface area (Å²) in [7, 11) is 0. The highest BCUT2D eigenvalue weighted by molar-refractivity contribution is 7.10. The monoisotopic (exact) mass is 310 g/mol. The van der Waals surface area contributed by atoms with Crippen LogP contribution < -0.4 is 10.6 Å². The van der Waals surface area contributed by atoms with Gasteiger partial charge >= 0.3 is 0 Å². The Balaban J connectivity index is 1.87. The summed E-state index contributed by atoms with van der Waals surface area (Å²) in [6.07, 6.45) is 3.14. The Labute approximate surface area is 128 Å². The molecule has 1 atom stereocenters. The van der Waals surface area contributed by atoms with Crippen LogP contribution in [-0.4, -0.2) is 29.1 Å². The fraction of sp³-hybridized carbons (Fsp3) is 0.600. The number of aliphatic hydroxyl groups excluding tert-OH is 1. The standard InChI is InChI=1S/C15H22N2O3S/c1-10(18)16-13(14-3-2-8-21-14)9-15(20)17-11-4-6-12(19)7-5-11/h2-3,8,11-13,19H,4-7,9H2,1H3,(H,16,18)(H,17,20). The summed E-state index contributed by atoms with van der Waals surface area (Å²) >= 11 is 1.53. The number of thiophene rings is 1. The van der Waals surface area contributed by atoms with Crippen LogP contribution in [0.4, 0.5) is 0 Å². The van der Waals surface area contributed by atoms with Gasteiger partial charge in [-0.1, -0.05) is 6.07 Å². The van der Waals surface area contributed by atoms with Gasteiger partial charge in [-0.25, -0.2) is 0 Å². The Morgan fingerprint density at radius 3 is 2.67 bits per heavy atom. The molecule has 2 rings (SSSR count). The molecule has 1 aliphatic rings. The van der Waals surface area contributed by atoms with Crippen LogP contribution in [0.2, 0.25) is 0 Å². The topological polar surface area (TPSA) is 78.4 Å². The van der Waals surface area contributed by atoms with Crippen molar-refractivity contribution in [1.29, 1.82) is 0 Å². The predicted molar refractivity (Wildman–Crippen MR) is 81.9 cm³/mol. The second-order valence-electron chi connectivity index (χ2n) is 5.55. The molecule has 1 aromatic rings. The summed E-state index contributed by atoms with van der Waals surface area (Å²) < 4.78 is 0. The minimum atomic E-state index is -0.267. The first kappa shape index (κ1) is 16.0. The largest absolute Gasteiger partial charge is 0.393 e. The van der Waals surface area contributed by atoms with Gasteiger partial charge in [0.05, 0.1) is 18.6 Å². The van der Waals surface area contributed by atoms with E-state index in [9.17, 15) is 14.7 Å². The van der Waals surface area contributed by atoms with Crippen LogP contribution in [0.15, 0.2) is 17.5 Å². The van der Waals surface area contributed by atoms with Gasteiger partial charge in [0, 0.05) is 17.8 Å². The first-order chi connectivity index (χ1) is 10.0. The third-order valence-electron chi connectivity index (χ3n) is 3.72. The number of amides is 2. The molecule has 21 heavy (non-hydrogen) atoms. The molecule has 0 bridgehead atoms. The van der Waals surface area contributed by atoms with Gasteiger partial charge < -0.3 is 15.7 Å². The second-order valence-corrected chi connectivity index (χ2v) is 6.52. The predicted octanol–water partition coefficient (Wildman–Crippen LogP) is 1.74. The molecule has 1 unspecified atom stereocenters. The lowest BCUT2D eigenvalue weighted by atomic mass is 9.93. The summed E-state index contributed by atoms with van der Waals surface area (Å²) in [4.78, 5) is 24.4. The number of carbonyl (C=O) groups excluding carboxylic acids is 2. The second kappa shape index (κ2) is 7.56. The van der Waals surface area contributed by atoms with Crippen LogP contribution in [0, 0.1) is 0 Å². The molecule has 5 nitrogen and oxygen atoms in total. The summed E-state index contributed by atoms with van der Waals surface area (Å²) in [5.74, 6) is -0.189. The van der Waals surface area contributed by atoms with Crippen LogP contribution in [0.25, 0.3) is 0 Å². The first-order valence-corrected chi connectivity index (χ1v) is 8.20. The molecule has 6 heteroatoms. The van der Waals surface area contributed by atoms with Crippen molar-refractivity contribution in [3.05, 3.63) is 22.4 Å². The molecule has 3 N–H and O–H groups in total. The van der Waals surface area contributed by atoms with Gasteiger partial charge in [0.25, 0.3) is 0 Å². The average Bonchev–Trinajstić information content (AvgIpc) is 2.94. The lowest BCUT2D eigenvalue weighted by Crippen LogP contribution is -2.40. The van der Waals surface area contributed by atoms with Crippen LogP contribution in [0.5, 0.6) is 0 Å². The van der Waals surface area contributed by atoms with Crippen molar-refractivity contribution in [2.24, 2.45) is 0 Å². The molecule has 1 aliphatic carbocycles. The SMILES string of the molecule is CC(=O)NC(CC(=O)NC1CCC(O)CC1)c1cccs1. The molecule has 0 radical (unpaired) electrons. The fourth-order valence-corrected chi connectivity index (χ4v) is 3.43. The molecule has 116 valence electrons. The van der Waals surface area contributed by atoms with E-state index in [1.165, 1.54) is 18.3 Å². The van der Waals surface area contributed by atoms with Gasteiger partial charge in [0.2, 0.25) is 11.8 Å². The summed E-state index contributed by atoms with van der Waals surface area (Å²) in [5, 5.41) is 17.2. The van der Waals surface area contributed by atoms with E-state index >= 15 is 0 Å². The zero-order chi connectivity index (χ0) is 15.2. The summed E-state index contributed by atoms with van der Waals surface area (Å²) in [5.41, 5.74) is 0. The normalized spacial score (nSPS) is 23.3. The third kappa shape index (κ3) is 5.13. The quantitative estimate of drug-likeness (QED) is 0.775. The lowest BCUT2D eigenvalue weighted by Gasteiger charge is -2.27. The van der Waals surface area contributed by atoms with Gasteiger partial charge in [-0.15, -0.1) is 11.3 Å². The average molecular weight is 310 g/mol. The Morgan fingerprint density at radius 2 is 2.10 bits per heavy atom. The van der Waals surface area contributed by atoms with E-state index in [1.54, 1.807) is 0 Å². The Morgan fingerprint density at radius 1 is 1.38 bits per heavy atom. The third-order valence-corrected chi connectivity index (χ3v) is 4.70. The number of rotatable bonds is 5. The van der Waals surface area contributed by atoms with E-state index in [0.717, 1.165) is 30.6 Å². The van der Waals surface area contributed by atoms with Crippen molar-refractivity contribution in [3.8, 4) is 0 Å². The molecule has 0 spiro atoms. The van der Waals surface area contributed by atoms with Crippen molar-refractivity contribution in [2.75, 3.05) is 0 Å². The molecular weight excluding hydrogens is 288 g/mol. The van der Waals surface area contributed by atoms with Crippen molar-refractivity contribution in [2.45, 2.75) is 57.2 Å². The molecule has 1 heterocycles. The number of hydrogen-bond acceptors (Lipinski definition) is 4. The molecule has 1 fully saturated rings. The Kier molecular flexibility index (Phi) is 5.76. The van der Waals surface area contributed by atoms with Gasteiger partial charge in [-0.05, 0) is 37.1 Å². The highest BCUT2D eigenvalue weighted by Gasteiger charge is 2.23. The molecule has 0 saturated heterocycles. The fourth-order valence-electron chi connectivity index (χ4n) is 2.65. The van der Waals surface area contributed by atoms with E-state index in [0.29, 0.717) is 0 Å². The van der Waals surface area contributed by atoms with Crippen molar-refractivity contribution < 1.29 is 14.7 Å². The van der Waals surface area contributed by atoms with Crippen molar-refractivity contribution in [3.63, 3.8) is 0 Å².